The van der Waals surface area contributed by atoms with E-state index in [0.29, 0.717) is 31.2 Å². The fourth-order valence-corrected chi connectivity index (χ4v) is 3.21. The highest BCUT2D eigenvalue weighted by atomic mass is 16.5. The van der Waals surface area contributed by atoms with Crippen LogP contribution in [0.25, 0.3) is 0 Å². The van der Waals surface area contributed by atoms with Crippen molar-refractivity contribution in [3.05, 3.63) is 41.0 Å². The van der Waals surface area contributed by atoms with Crippen LogP contribution in [-0.4, -0.2) is 51.8 Å². The summed E-state index contributed by atoms with van der Waals surface area (Å²) < 4.78 is 11.7. The molecule has 0 bridgehead atoms. The van der Waals surface area contributed by atoms with Crippen molar-refractivity contribution in [1.82, 2.24) is 14.6 Å². The molecule has 0 saturated carbocycles. The molecule has 8 heteroatoms. The van der Waals surface area contributed by atoms with E-state index in [0.717, 1.165) is 18.5 Å². The second-order valence-electron chi connectivity index (χ2n) is 6.19. The molecule has 1 aliphatic rings. The summed E-state index contributed by atoms with van der Waals surface area (Å²) in [4.78, 5) is 25.5. The average molecular weight is 347 g/mol. The number of aromatic carboxylic acids is 1. The number of piperidine rings is 1. The third-order valence-corrected chi connectivity index (χ3v) is 4.62. The zero-order chi connectivity index (χ0) is 18.0. The van der Waals surface area contributed by atoms with E-state index >= 15 is 0 Å². The van der Waals surface area contributed by atoms with E-state index < -0.39 is 5.97 Å². The van der Waals surface area contributed by atoms with Crippen molar-refractivity contribution in [2.24, 2.45) is 7.05 Å². The van der Waals surface area contributed by atoms with Crippen LogP contribution < -0.4 is 0 Å². The average Bonchev–Trinajstić information content (AvgIpc) is 3.21. The summed E-state index contributed by atoms with van der Waals surface area (Å²) >= 11 is 0. The van der Waals surface area contributed by atoms with Crippen LogP contribution in [0.1, 0.15) is 51.2 Å². The molecule has 0 aromatic carbocycles. The summed E-state index contributed by atoms with van der Waals surface area (Å²) in [6, 6.07) is 4.92. The molecule has 1 N–H and O–H groups in total. The van der Waals surface area contributed by atoms with Gasteiger partial charge in [0.1, 0.15) is 18.0 Å². The van der Waals surface area contributed by atoms with Gasteiger partial charge in [-0.3, -0.25) is 4.79 Å². The number of carbonyl (C=O) groups is 2. The summed E-state index contributed by atoms with van der Waals surface area (Å²) in [5, 5.41) is 13.2. The standard InChI is InChI=1S/C17H21N3O5/c1-19-14(3-4-15(19)17(22)23)16(21)20-7-5-11(6-8-20)13-9-12(10-24-2)25-18-13/h3-4,9,11H,5-8,10H2,1-2H3,(H,22,23). The lowest BCUT2D eigenvalue weighted by Gasteiger charge is -2.31. The molecular formula is C17H21N3O5. The van der Waals surface area contributed by atoms with Crippen molar-refractivity contribution in [2.45, 2.75) is 25.4 Å². The molecule has 25 heavy (non-hydrogen) atoms. The zero-order valence-electron chi connectivity index (χ0n) is 14.3. The minimum Gasteiger partial charge on any atom is -0.477 e. The minimum absolute atomic E-state index is 0.103. The molecule has 1 amide bonds. The molecule has 0 aliphatic carbocycles. The van der Waals surface area contributed by atoms with Gasteiger partial charge in [-0.15, -0.1) is 0 Å². The van der Waals surface area contributed by atoms with Crippen LogP contribution in [0.4, 0.5) is 0 Å². The lowest BCUT2D eigenvalue weighted by molar-refractivity contribution is 0.0683. The Balaban J connectivity index is 1.63. The number of carbonyl (C=O) groups excluding carboxylic acids is 1. The first-order valence-corrected chi connectivity index (χ1v) is 8.14. The summed E-state index contributed by atoms with van der Waals surface area (Å²) in [7, 11) is 3.20. The fourth-order valence-electron chi connectivity index (χ4n) is 3.21. The van der Waals surface area contributed by atoms with Gasteiger partial charge < -0.3 is 23.8 Å². The molecule has 0 unspecified atom stereocenters. The molecule has 134 valence electrons. The van der Waals surface area contributed by atoms with Crippen LogP contribution in [0.2, 0.25) is 0 Å². The second-order valence-corrected chi connectivity index (χ2v) is 6.19. The van der Waals surface area contributed by atoms with Gasteiger partial charge in [0.05, 0.1) is 5.69 Å². The second kappa shape index (κ2) is 7.10. The van der Waals surface area contributed by atoms with Gasteiger partial charge in [-0.25, -0.2) is 4.79 Å². The van der Waals surface area contributed by atoms with Crippen LogP contribution in [0.15, 0.2) is 22.7 Å². The Labute approximate surface area is 145 Å². The van der Waals surface area contributed by atoms with Gasteiger partial charge in [0.15, 0.2) is 5.76 Å². The van der Waals surface area contributed by atoms with E-state index in [1.54, 1.807) is 25.1 Å². The van der Waals surface area contributed by atoms with Crippen molar-refractivity contribution in [2.75, 3.05) is 20.2 Å². The number of ether oxygens (including phenoxy) is 1. The van der Waals surface area contributed by atoms with E-state index in [1.807, 2.05) is 6.07 Å². The monoisotopic (exact) mass is 347 g/mol. The number of amides is 1. The first kappa shape index (κ1) is 17.2. The molecule has 3 heterocycles. The van der Waals surface area contributed by atoms with Crippen molar-refractivity contribution in [3.8, 4) is 0 Å². The number of likely N-dealkylation sites (tertiary alicyclic amines) is 1. The maximum atomic E-state index is 12.7. The number of hydrogen-bond donors (Lipinski definition) is 1. The molecule has 0 atom stereocenters. The number of rotatable bonds is 5. The lowest BCUT2D eigenvalue weighted by Crippen LogP contribution is -2.38. The summed E-state index contributed by atoms with van der Waals surface area (Å²) in [6.45, 7) is 1.59. The Kier molecular flexibility index (Phi) is 4.89. The molecule has 0 radical (unpaired) electrons. The minimum atomic E-state index is -1.04. The predicted molar refractivity (Wildman–Crippen MR) is 87.5 cm³/mol. The largest absolute Gasteiger partial charge is 0.477 e. The van der Waals surface area contributed by atoms with Crippen molar-refractivity contribution < 1.29 is 24.0 Å². The zero-order valence-corrected chi connectivity index (χ0v) is 14.3. The molecule has 2 aromatic heterocycles. The summed E-state index contributed by atoms with van der Waals surface area (Å²) in [5.74, 6) is -0.241. The van der Waals surface area contributed by atoms with Crippen LogP contribution in [-0.2, 0) is 18.4 Å². The van der Waals surface area contributed by atoms with E-state index in [4.69, 9.17) is 14.4 Å². The van der Waals surface area contributed by atoms with E-state index in [2.05, 4.69) is 5.16 Å². The normalized spacial score (nSPS) is 15.5. The van der Waals surface area contributed by atoms with Crippen molar-refractivity contribution >= 4 is 11.9 Å². The highest BCUT2D eigenvalue weighted by Crippen LogP contribution is 2.28. The Morgan fingerprint density at radius 3 is 2.60 bits per heavy atom. The third kappa shape index (κ3) is 3.43. The van der Waals surface area contributed by atoms with Gasteiger partial charge in [-0.05, 0) is 25.0 Å². The molecule has 2 aromatic rings. The molecule has 3 rings (SSSR count). The molecule has 1 saturated heterocycles. The highest BCUT2D eigenvalue weighted by Gasteiger charge is 2.28. The van der Waals surface area contributed by atoms with Crippen LogP contribution in [0.3, 0.4) is 0 Å². The number of nitrogens with zero attached hydrogens (tertiary/aromatic N) is 3. The SMILES string of the molecule is COCc1cc(C2CCN(C(=O)c3ccc(C(=O)O)n3C)CC2)no1. The quantitative estimate of drug-likeness (QED) is 0.887. The predicted octanol–water partition coefficient (Wildman–Crippen LogP) is 1.88. The van der Waals surface area contributed by atoms with Gasteiger partial charge in [0.2, 0.25) is 0 Å². The Morgan fingerprint density at radius 2 is 2.00 bits per heavy atom. The third-order valence-electron chi connectivity index (χ3n) is 4.62. The van der Waals surface area contributed by atoms with Gasteiger partial charge in [-0.2, -0.15) is 0 Å². The lowest BCUT2D eigenvalue weighted by atomic mass is 9.93. The van der Waals surface area contributed by atoms with Gasteiger partial charge >= 0.3 is 5.97 Å². The highest BCUT2D eigenvalue weighted by molar-refractivity contribution is 5.95. The van der Waals surface area contributed by atoms with Crippen LogP contribution in [0, 0.1) is 0 Å². The van der Waals surface area contributed by atoms with Gasteiger partial charge in [-0.1, -0.05) is 5.16 Å². The van der Waals surface area contributed by atoms with Crippen molar-refractivity contribution in [1.29, 1.82) is 0 Å². The Hall–Kier alpha value is -2.61. The maximum absolute atomic E-state index is 12.7. The van der Waals surface area contributed by atoms with E-state index in [9.17, 15) is 9.59 Å². The fraction of sp³-hybridized carbons (Fsp3) is 0.471. The first-order valence-electron chi connectivity index (χ1n) is 8.14. The molecule has 8 nitrogen and oxygen atoms in total. The molecular weight excluding hydrogens is 326 g/mol. The molecule has 0 spiro atoms. The van der Waals surface area contributed by atoms with E-state index in [-0.39, 0.29) is 17.5 Å². The number of carboxylic acids is 1. The summed E-state index contributed by atoms with van der Waals surface area (Å²) in [5.41, 5.74) is 1.39. The van der Waals surface area contributed by atoms with Crippen LogP contribution in [0.5, 0.6) is 0 Å². The van der Waals surface area contributed by atoms with Crippen LogP contribution >= 0.6 is 0 Å². The number of methoxy groups -OCH3 is 1. The maximum Gasteiger partial charge on any atom is 0.352 e. The van der Waals surface area contributed by atoms with Crippen molar-refractivity contribution in [3.63, 3.8) is 0 Å². The number of carboxylic acid groups (broad SMARTS) is 1. The van der Waals surface area contributed by atoms with Gasteiger partial charge in [0.25, 0.3) is 5.91 Å². The summed E-state index contributed by atoms with van der Waals surface area (Å²) in [6.07, 6.45) is 1.59. The topological polar surface area (TPSA) is 97.8 Å². The Bertz CT molecular complexity index is 771. The van der Waals surface area contributed by atoms with E-state index in [1.165, 1.54) is 10.6 Å². The van der Waals surface area contributed by atoms with Gasteiger partial charge in [0, 0.05) is 39.2 Å². The number of hydrogen-bond acceptors (Lipinski definition) is 5. The molecule has 1 fully saturated rings. The smallest absolute Gasteiger partial charge is 0.352 e. The Morgan fingerprint density at radius 1 is 1.32 bits per heavy atom. The first-order chi connectivity index (χ1) is 12.0. The molecule has 1 aliphatic heterocycles. The number of aromatic nitrogens is 2.